The summed E-state index contributed by atoms with van der Waals surface area (Å²) in [5, 5.41) is 9.41. The Bertz CT molecular complexity index is 1940. The van der Waals surface area contributed by atoms with Crippen molar-refractivity contribution >= 4 is 17.0 Å². The maximum absolute atomic E-state index is 15.4. The number of nitrogens with zero attached hydrogens (tertiary/aromatic N) is 6. The van der Waals surface area contributed by atoms with Gasteiger partial charge in [0.2, 0.25) is 5.88 Å². The number of aromatic nitrogens is 6. The van der Waals surface area contributed by atoms with Crippen LogP contribution in [0.2, 0.25) is 0 Å². The fourth-order valence-corrected chi connectivity index (χ4v) is 4.81. The highest BCUT2D eigenvalue weighted by Crippen LogP contribution is 2.28. The van der Waals surface area contributed by atoms with Gasteiger partial charge < -0.3 is 19.1 Å². The van der Waals surface area contributed by atoms with E-state index in [4.69, 9.17) is 9.47 Å². The van der Waals surface area contributed by atoms with Gasteiger partial charge in [-0.15, -0.1) is 0 Å². The zero-order chi connectivity index (χ0) is 30.6. The number of methoxy groups -OCH3 is 1. The Balaban J connectivity index is 1.21. The minimum absolute atomic E-state index is 0.0120. The molecule has 44 heavy (non-hydrogen) atoms. The Morgan fingerprint density at radius 2 is 1.91 bits per heavy atom. The molecule has 0 aliphatic rings. The lowest BCUT2D eigenvalue weighted by Gasteiger charge is -2.12. The van der Waals surface area contributed by atoms with Crippen molar-refractivity contribution in [2.45, 2.75) is 19.6 Å². The molecule has 0 spiro atoms. The average Bonchev–Trinajstić information content (AvgIpc) is 3.69. The number of rotatable bonds is 11. The first-order valence-electron chi connectivity index (χ1n) is 13.6. The molecule has 0 saturated heterocycles. The second-order valence-corrected chi connectivity index (χ2v) is 9.93. The van der Waals surface area contributed by atoms with Gasteiger partial charge in [-0.25, -0.2) is 33.5 Å². The van der Waals surface area contributed by atoms with Crippen LogP contribution in [-0.2, 0) is 24.3 Å². The lowest BCUT2D eigenvalue weighted by molar-refractivity contribution is 0.0697. The minimum Gasteiger partial charge on any atom is -0.478 e. The monoisotopic (exact) mass is 596 g/mol. The second-order valence-electron chi connectivity index (χ2n) is 9.93. The molecule has 12 heteroatoms. The molecule has 0 bridgehead atoms. The molecule has 6 rings (SSSR count). The van der Waals surface area contributed by atoms with Crippen molar-refractivity contribution in [1.29, 1.82) is 0 Å². The van der Waals surface area contributed by atoms with Gasteiger partial charge in [-0.2, -0.15) is 0 Å². The van der Waals surface area contributed by atoms with Crippen molar-refractivity contribution in [2.75, 3.05) is 13.7 Å². The van der Waals surface area contributed by atoms with E-state index in [0.717, 1.165) is 17.7 Å². The average molecular weight is 597 g/mol. The van der Waals surface area contributed by atoms with Crippen LogP contribution in [0.25, 0.3) is 28.1 Å². The van der Waals surface area contributed by atoms with Crippen molar-refractivity contribution in [1.82, 2.24) is 29.1 Å². The standard InChI is InChI=1S/C32H26F2N6O4/c1-43-12-11-40-28-14-21(32(41)42)6-7-27(28)37-30(40)15-22-13-25(34)23(16-24(22)33)26-3-2-4-31(38-26)44-18-20-5-8-29(36-17-20)39-10-9-35-19-39/h2-10,13-14,16-17,19H,11-12,15,18H2,1H3,(H,41,42). The summed E-state index contributed by atoms with van der Waals surface area (Å²) in [4.78, 5) is 28.9. The van der Waals surface area contributed by atoms with Gasteiger partial charge in [0, 0.05) is 55.9 Å². The number of aromatic carboxylic acids is 1. The molecular weight excluding hydrogens is 570 g/mol. The lowest BCUT2D eigenvalue weighted by atomic mass is 10.0. The van der Waals surface area contributed by atoms with Gasteiger partial charge in [0.15, 0.2) is 0 Å². The first-order chi connectivity index (χ1) is 21.4. The number of carboxylic acid groups (broad SMARTS) is 1. The van der Waals surface area contributed by atoms with Crippen molar-refractivity contribution in [3.63, 3.8) is 0 Å². The fraction of sp³-hybridized carbons (Fsp3) is 0.156. The Hall–Kier alpha value is -5.49. The molecule has 2 aromatic carbocycles. The van der Waals surface area contributed by atoms with Crippen LogP contribution in [0.1, 0.15) is 27.3 Å². The predicted octanol–water partition coefficient (Wildman–Crippen LogP) is 5.47. The van der Waals surface area contributed by atoms with E-state index in [1.165, 1.54) is 12.1 Å². The summed E-state index contributed by atoms with van der Waals surface area (Å²) in [5.74, 6) is -0.943. The van der Waals surface area contributed by atoms with Crippen LogP contribution in [0.15, 0.2) is 85.6 Å². The topological polar surface area (TPSA) is 117 Å². The van der Waals surface area contributed by atoms with E-state index in [1.54, 1.807) is 65.4 Å². The number of benzene rings is 2. The summed E-state index contributed by atoms with van der Waals surface area (Å²) in [6.07, 6.45) is 6.77. The van der Waals surface area contributed by atoms with Gasteiger partial charge in [-0.1, -0.05) is 12.1 Å². The van der Waals surface area contributed by atoms with E-state index in [-0.39, 0.29) is 41.3 Å². The van der Waals surface area contributed by atoms with Crippen LogP contribution in [0.3, 0.4) is 0 Å². The SMILES string of the molecule is COCCn1c(Cc2cc(F)c(-c3cccc(OCc4ccc(-n5ccnc5)nc4)n3)cc2F)nc2ccc(C(=O)O)cc21. The number of carboxylic acids is 1. The maximum Gasteiger partial charge on any atom is 0.335 e. The molecule has 0 aliphatic carbocycles. The highest BCUT2D eigenvalue weighted by Gasteiger charge is 2.18. The number of carbonyl (C=O) groups is 1. The molecule has 10 nitrogen and oxygen atoms in total. The van der Waals surface area contributed by atoms with E-state index in [9.17, 15) is 9.90 Å². The third-order valence-electron chi connectivity index (χ3n) is 7.04. The van der Waals surface area contributed by atoms with Crippen LogP contribution < -0.4 is 4.74 Å². The van der Waals surface area contributed by atoms with Crippen molar-refractivity contribution in [2.24, 2.45) is 0 Å². The van der Waals surface area contributed by atoms with Gasteiger partial charge in [0.05, 0.1) is 28.9 Å². The van der Waals surface area contributed by atoms with E-state index in [1.807, 2.05) is 12.1 Å². The van der Waals surface area contributed by atoms with Crippen LogP contribution in [-0.4, -0.2) is 53.9 Å². The molecule has 0 radical (unpaired) electrons. The van der Waals surface area contributed by atoms with Gasteiger partial charge >= 0.3 is 5.97 Å². The predicted molar refractivity (Wildman–Crippen MR) is 157 cm³/mol. The summed E-state index contributed by atoms with van der Waals surface area (Å²) >= 11 is 0. The highest BCUT2D eigenvalue weighted by molar-refractivity contribution is 5.92. The maximum atomic E-state index is 15.4. The minimum atomic E-state index is -1.07. The zero-order valence-corrected chi connectivity index (χ0v) is 23.5. The molecule has 1 N–H and O–H groups in total. The van der Waals surface area contributed by atoms with Gasteiger partial charge in [-0.05, 0) is 48.0 Å². The van der Waals surface area contributed by atoms with E-state index < -0.39 is 17.6 Å². The molecule has 4 aromatic heterocycles. The normalized spacial score (nSPS) is 11.2. The second kappa shape index (κ2) is 12.4. The molecule has 222 valence electrons. The Kier molecular flexibility index (Phi) is 8.06. The molecule has 0 unspecified atom stereocenters. The Labute approximate surface area is 250 Å². The van der Waals surface area contributed by atoms with E-state index >= 15 is 8.78 Å². The van der Waals surface area contributed by atoms with Gasteiger partial charge in [-0.3, -0.25) is 4.57 Å². The summed E-state index contributed by atoms with van der Waals surface area (Å²) in [6, 6.07) is 15.4. The first-order valence-corrected chi connectivity index (χ1v) is 13.6. The van der Waals surface area contributed by atoms with Crippen LogP contribution >= 0.6 is 0 Å². The molecule has 0 amide bonds. The summed E-state index contributed by atoms with van der Waals surface area (Å²) in [7, 11) is 1.54. The molecular formula is C32H26F2N6O4. The third-order valence-corrected chi connectivity index (χ3v) is 7.04. The number of imidazole rings is 2. The van der Waals surface area contributed by atoms with E-state index in [2.05, 4.69) is 19.9 Å². The number of hydrogen-bond acceptors (Lipinski definition) is 7. The molecule has 0 atom stereocenters. The number of hydrogen-bond donors (Lipinski definition) is 1. The van der Waals surface area contributed by atoms with Gasteiger partial charge in [0.1, 0.15) is 36.2 Å². The molecule has 0 saturated carbocycles. The van der Waals surface area contributed by atoms with Gasteiger partial charge in [0.25, 0.3) is 0 Å². The fourth-order valence-electron chi connectivity index (χ4n) is 4.81. The first kappa shape index (κ1) is 28.6. The van der Waals surface area contributed by atoms with Crippen molar-refractivity contribution in [3.05, 3.63) is 120 Å². The van der Waals surface area contributed by atoms with E-state index in [0.29, 0.717) is 35.8 Å². The molecule has 0 fully saturated rings. The number of ether oxygens (including phenoxy) is 2. The quantitative estimate of drug-likeness (QED) is 0.209. The lowest BCUT2D eigenvalue weighted by Crippen LogP contribution is -2.10. The molecule has 6 aromatic rings. The third kappa shape index (κ3) is 6.01. The van der Waals surface area contributed by atoms with Crippen molar-refractivity contribution in [3.8, 4) is 23.0 Å². The Morgan fingerprint density at radius 3 is 2.66 bits per heavy atom. The highest BCUT2D eigenvalue weighted by atomic mass is 19.1. The smallest absolute Gasteiger partial charge is 0.335 e. The number of halogens is 2. The van der Waals surface area contributed by atoms with Crippen LogP contribution in [0.4, 0.5) is 8.78 Å². The summed E-state index contributed by atoms with van der Waals surface area (Å²) in [5.41, 5.74) is 2.32. The Morgan fingerprint density at radius 1 is 1.02 bits per heavy atom. The van der Waals surface area contributed by atoms with Crippen molar-refractivity contribution < 1.29 is 28.2 Å². The van der Waals surface area contributed by atoms with Crippen LogP contribution in [0.5, 0.6) is 5.88 Å². The number of pyridine rings is 2. The zero-order valence-electron chi connectivity index (χ0n) is 23.5. The molecule has 0 aliphatic heterocycles. The largest absolute Gasteiger partial charge is 0.478 e. The summed E-state index contributed by atoms with van der Waals surface area (Å²) in [6.45, 7) is 0.861. The molecule has 4 heterocycles. The van der Waals surface area contributed by atoms with Crippen LogP contribution in [0, 0.1) is 11.6 Å². The summed E-state index contributed by atoms with van der Waals surface area (Å²) < 4.78 is 45.4. The number of fused-ring (bicyclic) bond motifs is 1.